The van der Waals surface area contributed by atoms with Crippen LogP contribution in [0.25, 0.3) is 0 Å². The third kappa shape index (κ3) is 3.82. The van der Waals surface area contributed by atoms with Crippen LogP contribution in [0.15, 0.2) is 33.7 Å². The maximum atomic E-state index is 9.55. The van der Waals surface area contributed by atoms with Crippen LogP contribution in [0.1, 0.15) is 43.4 Å². The number of benzene rings is 1. The number of nitrogens with zero attached hydrogens (tertiary/aromatic N) is 3. The van der Waals surface area contributed by atoms with Gasteiger partial charge in [-0.1, -0.05) is 19.3 Å². The predicted octanol–water partition coefficient (Wildman–Crippen LogP) is 3.38. The second-order valence-corrected chi connectivity index (χ2v) is 6.72. The predicted molar refractivity (Wildman–Crippen MR) is 92.2 cm³/mol. The molecule has 1 heterocycles. The summed E-state index contributed by atoms with van der Waals surface area (Å²) in [4.78, 5) is 5.77. The minimum Gasteiger partial charge on any atom is -0.504 e. The van der Waals surface area contributed by atoms with Crippen molar-refractivity contribution < 1.29 is 10.2 Å². The normalized spacial score (nSPS) is 17.2. The lowest BCUT2D eigenvalue weighted by atomic mass is 9.96. The molecule has 3 rings (SSSR count). The molecule has 0 bridgehead atoms. The first-order chi connectivity index (χ1) is 11.1. The summed E-state index contributed by atoms with van der Waals surface area (Å²) in [6.07, 6.45) is 7.82. The number of hydrogen-bond donors (Lipinski definition) is 2. The second kappa shape index (κ2) is 7.00. The summed E-state index contributed by atoms with van der Waals surface area (Å²) in [5.74, 6) is -0.275. The van der Waals surface area contributed by atoms with Gasteiger partial charge in [0.25, 0.3) is 0 Å². The number of aromatic hydroxyl groups is 2. The molecule has 0 amide bonds. The van der Waals surface area contributed by atoms with E-state index >= 15 is 0 Å². The Morgan fingerprint density at radius 1 is 1.17 bits per heavy atom. The van der Waals surface area contributed by atoms with E-state index in [4.69, 9.17) is 4.99 Å². The van der Waals surface area contributed by atoms with E-state index in [1.165, 1.54) is 31.4 Å². The molecule has 2 N–H and O–H groups in total. The van der Waals surface area contributed by atoms with Crippen LogP contribution in [-0.4, -0.2) is 27.1 Å². The topological polar surface area (TPSA) is 70.1 Å². The number of aryl methyl sites for hydroxylation is 1. The lowest BCUT2D eigenvalue weighted by Crippen LogP contribution is -2.19. The van der Waals surface area contributed by atoms with Gasteiger partial charge >= 0.3 is 0 Å². The lowest BCUT2D eigenvalue weighted by molar-refractivity contribution is 0.403. The Hall–Kier alpha value is -2.08. The molecule has 1 aromatic heterocycles. The van der Waals surface area contributed by atoms with Crippen LogP contribution in [0.2, 0.25) is 0 Å². The average Bonchev–Trinajstić information content (AvgIpc) is 2.90. The first-order valence-electron chi connectivity index (χ1n) is 7.91. The number of phenolic OH excluding ortho intramolecular Hbond substituents is 2. The molecule has 0 saturated heterocycles. The third-order valence-electron chi connectivity index (χ3n) is 4.04. The van der Waals surface area contributed by atoms with Gasteiger partial charge in [0.05, 0.1) is 18.0 Å². The minimum absolute atomic E-state index is 0.130. The van der Waals surface area contributed by atoms with Gasteiger partial charge in [-0.2, -0.15) is 5.10 Å². The number of thiazole rings is 1. The van der Waals surface area contributed by atoms with E-state index in [1.54, 1.807) is 23.6 Å². The smallest absolute Gasteiger partial charge is 0.206 e. The molecular formula is C17H21N3O2S. The van der Waals surface area contributed by atoms with Gasteiger partial charge in [-0.15, -0.1) is 11.3 Å². The highest BCUT2D eigenvalue weighted by molar-refractivity contribution is 7.07. The molecule has 1 aromatic carbocycles. The van der Waals surface area contributed by atoms with Crippen molar-refractivity contribution in [3.05, 3.63) is 39.6 Å². The molecule has 0 spiro atoms. The lowest BCUT2D eigenvalue weighted by Gasteiger charge is -2.16. The van der Waals surface area contributed by atoms with Gasteiger partial charge in [0, 0.05) is 5.38 Å². The van der Waals surface area contributed by atoms with Crippen LogP contribution in [0.4, 0.5) is 0 Å². The number of rotatable bonds is 3. The van der Waals surface area contributed by atoms with Crippen LogP contribution in [-0.2, 0) is 0 Å². The van der Waals surface area contributed by atoms with Crippen LogP contribution in [0.5, 0.6) is 11.5 Å². The summed E-state index contributed by atoms with van der Waals surface area (Å²) >= 11 is 1.60. The summed E-state index contributed by atoms with van der Waals surface area (Å²) in [7, 11) is 0. The number of aromatic nitrogens is 1. The first kappa shape index (κ1) is 15.8. The largest absolute Gasteiger partial charge is 0.504 e. The van der Waals surface area contributed by atoms with Crippen molar-refractivity contribution in [2.24, 2.45) is 10.1 Å². The van der Waals surface area contributed by atoms with Gasteiger partial charge in [-0.05, 0) is 43.5 Å². The van der Waals surface area contributed by atoms with Gasteiger partial charge in [-0.25, -0.2) is 4.68 Å². The first-order valence-corrected chi connectivity index (χ1v) is 8.79. The highest BCUT2D eigenvalue weighted by Gasteiger charge is 2.12. The Bertz CT molecular complexity index is 770. The van der Waals surface area contributed by atoms with Gasteiger partial charge in [-0.3, -0.25) is 4.99 Å². The molecule has 23 heavy (non-hydrogen) atoms. The van der Waals surface area contributed by atoms with Crippen LogP contribution < -0.4 is 4.80 Å². The maximum absolute atomic E-state index is 9.55. The molecule has 0 atom stereocenters. The molecule has 1 aliphatic rings. The van der Waals surface area contributed by atoms with Crippen LogP contribution in [0.3, 0.4) is 0 Å². The molecule has 6 heteroatoms. The van der Waals surface area contributed by atoms with Crippen molar-refractivity contribution in [1.82, 2.24) is 4.68 Å². The van der Waals surface area contributed by atoms with Crippen molar-refractivity contribution >= 4 is 17.6 Å². The Morgan fingerprint density at radius 3 is 2.70 bits per heavy atom. The molecule has 2 aromatic rings. The van der Waals surface area contributed by atoms with E-state index in [-0.39, 0.29) is 11.5 Å². The van der Waals surface area contributed by atoms with Gasteiger partial charge in [0.15, 0.2) is 11.5 Å². The zero-order chi connectivity index (χ0) is 16.2. The monoisotopic (exact) mass is 331 g/mol. The van der Waals surface area contributed by atoms with Crippen LogP contribution in [0, 0.1) is 6.92 Å². The fourth-order valence-corrected chi connectivity index (χ4v) is 3.60. The summed E-state index contributed by atoms with van der Waals surface area (Å²) in [5.41, 5.74) is 1.76. The molecule has 0 radical (unpaired) electrons. The van der Waals surface area contributed by atoms with E-state index < -0.39 is 0 Å². The van der Waals surface area contributed by atoms with Crippen molar-refractivity contribution in [1.29, 1.82) is 0 Å². The molecule has 0 unspecified atom stereocenters. The van der Waals surface area contributed by atoms with E-state index in [0.717, 1.165) is 28.9 Å². The zero-order valence-corrected chi connectivity index (χ0v) is 14.0. The Kier molecular flexibility index (Phi) is 4.81. The Morgan fingerprint density at radius 2 is 1.96 bits per heavy atom. The SMILES string of the molecule is Cc1csc(=NC2CCCCC2)n1N=Cc1ccc(O)c(O)c1. The van der Waals surface area contributed by atoms with E-state index in [2.05, 4.69) is 5.10 Å². The highest BCUT2D eigenvalue weighted by atomic mass is 32.1. The molecular weight excluding hydrogens is 310 g/mol. The highest BCUT2D eigenvalue weighted by Crippen LogP contribution is 2.24. The molecule has 1 aliphatic carbocycles. The van der Waals surface area contributed by atoms with Gasteiger partial charge in [0.2, 0.25) is 4.80 Å². The van der Waals surface area contributed by atoms with Gasteiger partial charge in [0.1, 0.15) is 0 Å². The van der Waals surface area contributed by atoms with Crippen molar-refractivity contribution in [3.63, 3.8) is 0 Å². The van der Waals surface area contributed by atoms with E-state index in [0.29, 0.717) is 6.04 Å². The molecule has 5 nitrogen and oxygen atoms in total. The van der Waals surface area contributed by atoms with E-state index in [1.807, 2.05) is 17.0 Å². The minimum atomic E-state index is -0.145. The molecule has 1 fully saturated rings. The fourth-order valence-electron chi connectivity index (χ4n) is 2.73. The summed E-state index contributed by atoms with van der Waals surface area (Å²) in [6.45, 7) is 2.00. The Labute approximate surface area is 139 Å². The summed E-state index contributed by atoms with van der Waals surface area (Å²) < 4.78 is 1.84. The Balaban J connectivity index is 1.87. The third-order valence-corrected chi connectivity index (χ3v) is 4.99. The fraction of sp³-hybridized carbons (Fsp3) is 0.412. The van der Waals surface area contributed by atoms with Crippen molar-refractivity contribution in [3.8, 4) is 11.5 Å². The molecule has 0 aliphatic heterocycles. The standard InChI is InChI=1S/C17H21N3O2S/c1-12-11-23-17(19-14-5-3-2-4-6-14)20(12)18-10-13-7-8-15(21)16(22)9-13/h7-11,14,21-22H,2-6H2,1H3. The molecule has 1 saturated carbocycles. The maximum Gasteiger partial charge on any atom is 0.206 e. The van der Waals surface area contributed by atoms with Gasteiger partial charge < -0.3 is 10.2 Å². The van der Waals surface area contributed by atoms with Crippen molar-refractivity contribution in [2.45, 2.75) is 45.1 Å². The van der Waals surface area contributed by atoms with Crippen LogP contribution >= 0.6 is 11.3 Å². The van der Waals surface area contributed by atoms with Crippen molar-refractivity contribution in [2.75, 3.05) is 0 Å². The second-order valence-electron chi connectivity index (χ2n) is 5.89. The quantitative estimate of drug-likeness (QED) is 0.668. The number of hydrogen-bond acceptors (Lipinski definition) is 5. The molecule has 122 valence electrons. The zero-order valence-electron chi connectivity index (χ0n) is 13.1. The summed E-state index contributed by atoms with van der Waals surface area (Å²) in [6, 6.07) is 5.05. The average molecular weight is 331 g/mol. The number of phenols is 2. The van der Waals surface area contributed by atoms with E-state index in [9.17, 15) is 10.2 Å². The summed E-state index contributed by atoms with van der Waals surface area (Å²) in [5, 5.41) is 25.4.